The van der Waals surface area contributed by atoms with Crippen LogP contribution in [-0.2, 0) is 30.3 Å². The number of hydrazine groups is 1. The van der Waals surface area contributed by atoms with Gasteiger partial charge in [0.15, 0.2) is 0 Å². The molecule has 2 aromatic carbocycles. The normalized spacial score (nSPS) is 26.2. The highest BCUT2D eigenvalue weighted by atomic mass is 28.4. The van der Waals surface area contributed by atoms with Crippen LogP contribution in [0.2, 0.25) is 18.1 Å². The lowest BCUT2D eigenvalue weighted by Crippen LogP contribution is -2.63. The Morgan fingerprint density at radius 3 is 2.31 bits per heavy atom. The van der Waals surface area contributed by atoms with Gasteiger partial charge in [0.2, 0.25) is 26.0 Å². The Balaban J connectivity index is 1.68. The molecule has 0 radical (unpaired) electrons. The smallest absolute Gasteiger partial charge is 0.259 e. The minimum atomic E-state index is -2.15. The first-order valence-corrected chi connectivity index (χ1v) is 22.4. The summed E-state index contributed by atoms with van der Waals surface area (Å²) in [4.78, 5) is 55.8. The van der Waals surface area contributed by atoms with Crippen molar-refractivity contribution in [1.29, 1.82) is 0 Å². The molecule has 4 amide bonds. The molecule has 0 spiro atoms. The lowest BCUT2D eigenvalue weighted by atomic mass is 9.96. The highest BCUT2D eigenvalue weighted by Crippen LogP contribution is 2.37. The van der Waals surface area contributed by atoms with E-state index in [0.717, 1.165) is 16.7 Å². The predicted molar refractivity (Wildman–Crippen MR) is 216 cm³/mol. The van der Waals surface area contributed by atoms with Crippen LogP contribution < -0.4 is 25.8 Å². The van der Waals surface area contributed by atoms with E-state index in [1.165, 1.54) is 5.01 Å². The van der Waals surface area contributed by atoms with E-state index in [4.69, 9.17) is 9.16 Å². The molecule has 1 saturated heterocycles. The lowest BCUT2D eigenvalue weighted by molar-refractivity contribution is -0.144. The number of nitrogens with one attached hydrogen (secondary N) is 4. The second-order valence-electron chi connectivity index (χ2n) is 16.8. The number of methoxy groups -OCH3 is 1. The number of hydrogen-bond acceptors (Lipinski definition) is 7. The van der Waals surface area contributed by atoms with Gasteiger partial charge in [0.1, 0.15) is 23.9 Å². The first-order chi connectivity index (χ1) is 25.4. The first-order valence-electron chi connectivity index (χ1n) is 19.5. The highest BCUT2D eigenvalue weighted by molar-refractivity contribution is 6.74. The average molecular weight is 762 g/mol. The standard InChI is InChI=1S/C42H63N5O6Si/c1-27(2)37-40(50)44-35(26-31-18-14-20-33(25-31)53-54(9,10)42(5,6)7)41(51)47-23-15-21-34(46-47)39(49)43-29(4)32-19-13-17-30(24-32)16-11-12-22-36(52-8)28(3)38(48)45-37/h11,13-14,16-20,24-25,27-29,34-37,46H,12,15,21-23,26H2,1-10H3,(H,43,49)(H,44,50)(H,45,48)/b16-11-/t28-,29-,34+,35+,36-,37+/m1/s1. The summed E-state index contributed by atoms with van der Waals surface area (Å²) < 4.78 is 12.3. The van der Waals surface area contributed by atoms with E-state index in [1.54, 1.807) is 7.11 Å². The zero-order chi connectivity index (χ0) is 39.8. The minimum Gasteiger partial charge on any atom is -0.543 e. The molecular weight excluding hydrogens is 699 g/mol. The maximum Gasteiger partial charge on any atom is 0.259 e. The van der Waals surface area contributed by atoms with Gasteiger partial charge in [-0.25, -0.2) is 5.43 Å². The lowest BCUT2D eigenvalue weighted by Gasteiger charge is -2.37. The summed E-state index contributed by atoms with van der Waals surface area (Å²) in [6.45, 7) is 18.8. The fourth-order valence-corrected chi connectivity index (χ4v) is 7.60. The monoisotopic (exact) mass is 761 g/mol. The zero-order valence-corrected chi connectivity index (χ0v) is 35.0. The van der Waals surface area contributed by atoms with Gasteiger partial charge in [-0.15, -0.1) is 0 Å². The van der Waals surface area contributed by atoms with Crippen molar-refractivity contribution in [2.45, 2.75) is 129 Å². The Kier molecular flexibility index (Phi) is 14.7. The Labute approximate surface area is 323 Å². The van der Waals surface area contributed by atoms with Gasteiger partial charge in [-0.1, -0.05) is 84.0 Å². The van der Waals surface area contributed by atoms with Gasteiger partial charge in [-0.3, -0.25) is 24.2 Å². The van der Waals surface area contributed by atoms with Crippen LogP contribution in [-0.4, -0.2) is 74.8 Å². The van der Waals surface area contributed by atoms with Gasteiger partial charge in [-0.2, -0.15) is 0 Å². The van der Waals surface area contributed by atoms with E-state index in [1.807, 2.05) is 82.3 Å². The van der Waals surface area contributed by atoms with Crippen LogP contribution in [0.1, 0.15) is 96.9 Å². The summed E-state index contributed by atoms with van der Waals surface area (Å²) in [5, 5.41) is 10.6. The maximum absolute atomic E-state index is 14.4. The maximum atomic E-state index is 14.4. The molecule has 4 bridgehead atoms. The number of ether oxygens (including phenoxy) is 1. The van der Waals surface area contributed by atoms with Gasteiger partial charge in [0.25, 0.3) is 5.91 Å². The Morgan fingerprint density at radius 2 is 1.63 bits per heavy atom. The van der Waals surface area contributed by atoms with Gasteiger partial charge < -0.3 is 25.1 Å². The van der Waals surface area contributed by atoms with Gasteiger partial charge in [0, 0.05) is 20.1 Å². The van der Waals surface area contributed by atoms with Crippen LogP contribution in [0.15, 0.2) is 54.6 Å². The molecule has 2 heterocycles. The third-order valence-electron chi connectivity index (χ3n) is 11.1. The molecule has 2 aromatic rings. The van der Waals surface area contributed by atoms with Crippen LogP contribution in [0.5, 0.6) is 5.75 Å². The number of carbonyl (C=O) groups excluding carboxylic acids is 4. The summed E-state index contributed by atoms with van der Waals surface area (Å²) in [6, 6.07) is 12.9. The van der Waals surface area contributed by atoms with Crippen LogP contribution in [0.4, 0.5) is 0 Å². The van der Waals surface area contributed by atoms with Crippen molar-refractivity contribution in [3.05, 3.63) is 71.3 Å². The highest BCUT2D eigenvalue weighted by Gasteiger charge is 2.39. The van der Waals surface area contributed by atoms with E-state index < -0.39 is 38.3 Å². The van der Waals surface area contributed by atoms with Crippen molar-refractivity contribution in [2.75, 3.05) is 13.7 Å². The fraction of sp³-hybridized carbons (Fsp3) is 0.571. The molecule has 2 aliphatic rings. The molecule has 54 heavy (non-hydrogen) atoms. The molecule has 296 valence electrons. The summed E-state index contributed by atoms with van der Waals surface area (Å²) in [7, 11) is -0.556. The molecule has 6 atom stereocenters. The van der Waals surface area contributed by atoms with Crippen LogP contribution >= 0.6 is 0 Å². The summed E-state index contributed by atoms with van der Waals surface area (Å²) in [6.07, 6.45) is 6.32. The molecule has 2 aliphatic heterocycles. The molecule has 11 nitrogen and oxygen atoms in total. The number of nitrogens with zero attached hydrogens (tertiary/aromatic N) is 1. The average Bonchev–Trinajstić information content (AvgIpc) is 3.12. The summed E-state index contributed by atoms with van der Waals surface area (Å²) in [5.41, 5.74) is 5.94. The van der Waals surface area contributed by atoms with Crippen molar-refractivity contribution in [3.8, 4) is 5.75 Å². The van der Waals surface area contributed by atoms with E-state index >= 15 is 0 Å². The molecule has 4 rings (SSSR count). The molecule has 0 saturated carbocycles. The van der Waals surface area contributed by atoms with Gasteiger partial charge in [-0.05, 0) is 91.5 Å². The number of hydrogen-bond donors (Lipinski definition) is 4. The SMILES string of the molecule is CO[C@@H]1CC/C=C\c2cccc(c2)[C@@H](C)NC(=O)[C@@H]2CCCN(N2)C(=O)[C@H](Cc2cccc(O[Si](C)(C)C(C)(C)C)c2)NC(=O)[C@H](C(C)C)NC(=O)[C@@H]1C. The van der Waals surface area contributed by atoms with Crippen LogP contribution in [0.3, 0.4) is 0 Å². The number of carbonyl (C=O) groups is 4. The number of benzene rings is 2. The number of fused-ring (bicyclic) bond motifs is 4. The first kappa shape index (κ1) is 42.7. The van der Waals surface area contributed by atoms with Crippen molar-refractivity contribution in [1.82, 2.24) is 26.4 Å². The van der Waals surface area contributed by atoms with Crippen molar-refractivity contribution < 1.29 is 28.3 Å². The fourth-order valence-electron chi connectivity index (χ4n) is 6.57. The van der Waals surface area contributed by atoms with E-state index in [-0.39, 0.29) is 47.2 Å². The Bertz CT molecular complexity index is 1660. The summed E-state index contributed by atoms with van der Waals surface area (Å²) in [5.74, 6) is -1.42. The minimum absolute atomic E-state index is 0.0102. The largest absolute Gasteiger partial charge is 0.543 e. The molecule has 12 heteroatoms. The number of allylic oxidation sites excluding steroid dienone is 1. The van der Waals surface area contributed by atoms with Crippen molar-refractivity contribution >= 4 is 38.0 Å². The van der Waals surface area contributed by atoms with Gasteiger partial charge >= 0.3 is 0 Å². The molecular formula is C42H63N5O6Si. The van der Waals surface area contributed by atoms with Crippen LogP contribution in [0, 0.1) is 11.8 Å². The number of amides is 4. The van der Waals surface area contributed by atoms with Crippen molar-refractivity contribution in [2.24, 2.45) is 11.8 Å². The Morgan fingerprint density at radius 1 is 0.907 bits per heavy atom. The molecule has 4 N–H and O–H groups in total. The molecule has 1 fully saturated rings. The van der Waals surface area contributed by atoms with E-state index in [9.17, 15) is 19.2 Å². The number of rotatable bonds is 6. The molecule has 0 unspecified atom stereocenters. The third kappa shape index (κ3) is 11.3. The van der Waals surface area contributed by atoms with Crippen LogP contribution in [0.25, 0.3) is 6.08 Å². The molecule has 0 aliphatic carbocycles. The quantitative estimate of drug-likeness (QED) is 0.263. The summed E-state index contributed by atoms with van der Waals surface area (Å²) >= 11 is 0. The second-order valence-corrected chi connectivity index (χ2v) is 21.5. The van der Waals surface area contributed by atoms with E-state index in [0.29, 0.717) is 38.0 Å². The second kappa shape index (κ2) is 18.6. The van der Waals surface area contributed by atoms with Gasteiger partial charge in [0.05, 0.1) is 18.1 Å². The topological polar surface area (TPSA) is 138 Å². The van der Waals surface area contributed by atoms with E-state index in [2.05, 4.69) is 61.3 Å². The third-order valence-corrected chi connectivity index (χ3v) is 15.5. The Hall–Kier alpha value is -4.00. The van der Waals surface area contributed by atoms with Crippen molar-refractivity contribution in [3.63, 3.8) is 0 Å². The predicted octanol–water partition coefficient (Wildman–Crippen LogP) is 6.07. The zero-order valence-electron chi connectivity index (χ0n) is 34.0. The molecule has 0 aromatic heterocycles.